The van der Waals surface area contributed by atoms with Gasteiger partial charge < -0.3 is 19.4 Å². The molecule has 0 bridgehead atoms. The van der Waals surface area contributed by atoms with Crippen LogP contribution >= 0.6 is 0 Å². The van der Waals surface area contributed by atoms with Crippen LogP contribution in [0.3, 0.4) is 0 Å². The van der Waals surface area contributed by atoms with Gasteiger partial charge in [-0.05, 0) is 37.1 Å². The standard InChI is InChI=1S/C18H22N2O3/c1-2-22-13-18(21)19-12-16(17-8-5-11-23-17)20-10-9-14-6-3-4-7-15(14)20/h3-8,11,16H,2,9-10,12-13H2,1H3,(H,19,21)/t16-/m1/s1. The Kier molecular flexibility index (Phi) is 4.98. The number of anilines is 1. The maximum atomic E-state index is 11.9. The van der Waals surface area contributed by atoms with Gasteiger partial charge in [-0.15, -0.1) is 0 Å². The van der Waals surface area contributed by atoms with Gasteiger partial charge in [0, 0.05) is 25.4 Å². The summed E-state index contributed by atoms with van der Waals surface area (Å²) in [6.45, 7) is 3.92. The lowest BCUT2D eigenvalue weighted by Gasteiger charge is -2.29. The molecule has 1 atom stereocenters. The maximum Gasteiger partial charge on any atom is 0.246 e. The summed E-state index contributed by atoms with van der Waals surface area (Å²) in [6.07, 6.45) is 2.69. The SMILES string of the molecule is CCOCC(=O)NC[C@H](c1ccco1)N1CCc2ccccc21. The molecule has 0 radical (unpaired) electrons. The number of nitrogens with one attached hydrogen (secondary N) is 1. The van der Waals surface area contributed by atoms with Crippen molar-refractivity contribution in [2.75, 3.05) is 31.2 Å². The Balaban J connectivity index is 1.74. The number of hydrogen-bond donors (Lipinski definition) is 1. The number of carbonyl (C=O) groups excluding carboxylic acids is 1. The van der Waals surface area contributed by atoms with Crippen LogP contribution in [0.5, 0.6) is 0 Å². The molecular formula is C18H22N2O3. The zero-order valence-electron chi connectivity index (χ0n) is 13.3. The molecular weight excluding hydrogens is 292 g/mol. The Hall–Kier alpha value is -2.27. The quantitative estimate of drug-likeness (QED) is 0.853. The van der Waals surface area contributed by atoms with Gasteiger partial charge in [0.15, 0.2) is 0 Å². The monoisotopic (exact) mass is 314 g/mol. The molecule has 1 aromatic heterocycles. The molecule has 5 nitrogen and oxygen atoms in total. The van der Waals surface area contributed by atoms with Crippen LogP contribution < -0.4 is 10.2 Å². The third-order valence-corrected chi connectivity index (χ3v) is 4.10. The van der Waals surface area contributed by atoms with Crippen LogP contribution in [0.1, 0.15) is 24.3 Å². The second-order valence-corrected chi connectivity index (χ2v) is 5.54. The van der Waals surface area contributed by atoms with E-state index in [1.165, 1.54) is 11.3 Å². The Morgan fingerprint density at radius 2 is 2.22 bits per heavy atom. The van der Waals surface area contributed by atoms with Crippen molar-refractivity contribution >= 4 is 11.6 Å². The zero-order chi connectivity index (χ0) is 16.1. The van der Waals surface area contributed by atoms with Gasteiger partial charge in [-0.3, -0.25) is 4.79 Å². The van der Waals surface area contributed by atoms with E-state index >= 15 is 0 Å². The molecule has 0 unspecified atom stereocenters. The fourth-order valence-electron chi connectivity index (χ4n) is 2.99. The van der Waals surface area contributed by atoms with E-state index in [1.54, 1.807) is 6.26 Å². The lowest BCUT2D eigenvalue weighted by Crippen LogP contribution is -2.38. The number of para-hydroxylation sites is 1. The highest BCUT2D eigenvalue weighted by Crippen LogP contribution is 2.34. The summed E-state index contributed by atoms with van der Waals surface area (Å²) >= 11 is 0. The Bertz CT molecular complexity index is 639. The largest absolute Gasteiger partial charge is 0.467 e. The molecule has 3 rings (SSSR count). The van der Waals surface area contributed by atoms with Crippen LogP contribution in [0, 0.1) is 0 Å². The van der Waals surface area contributed by atoms with Crippen molar-refractivity contribution in [2.45, 2.75) is 19.4 Å². The first kappa shape index (κ1) is 15.6. The Morgan fingerprint density at radius 3 is 3.00 bits per heavy atom. The number of hydrogen-bond acceptors (Lipinski definition) is 4. The van der Waals surface area contributed by atoms with E-state index < -0.39 is 0 Å². The molecule has 1 N–H and O–H groups in total. The van der Waals surface area contributed by atoms with Crippen LogP contribution in [0.4, 0.5) is 5.69 Å². The molecule has 122 valence electrons. The smallest absolute Gasteiger partial charge is 0.246 e. The summed E-state index contributed by atoms with van der Waals surface area (Å²) in [5.41, 5.74) is 2.55. The van der Waals surface area contributed by atoms with Crippen LogP contribution in [0.2, 0.25) is 0 Å². The van der Waals surface area contributed by atoms with Crippen molar-refractivity contribution in [3.8, 4) is 0 Å². The predicted molar refractivity (Wildman–Crippen MR) is 88.4 cm³/mol. The highest BCUT2D eigenvalue weighted by molar-refractivity contribution is 5.77. The molecule has 0 saturated heterocycles. The second kappa shape index (κ2) is 7.33. The van der Waals surface area contributed by atoms with Crippen molar-refractivity contribution in [3.05, 3.63) is 54.0 Å². The predicted octanol–water partition coefficient (Wildman–Crippen LogP) is 2.54. The molecule has 1 aliphatic heterocycles. The minimum atomic E-state index is -0.101. The number of rotatable bonds is 7. The van der Waals surface area contributed by atoms with Gasteiger partial charge in [-0.1, -0.05) is 18.2 Å². The van der Waals surface area contributed by atoms with Gasteiger partial charge in [-0.2, -0.15) is 0 Å². The van der Waals surface area contributed by atoms with Crippen LogP contribution in [-0.2, 0) is 16.0 Å². The number of nitrogens with zero attached hydrogens (tertiary/aromatic N) is 1. The second-order valence-electron chi connectivity index (χ2n) is 5.54. The molecule has 23 heavy (non-hydrogen) atoms. The minimum absolute atomic E-state index is 0.0146. The molecule has 5 heteroatoms. The number of benzene rings is 1. The van der Waals surface area contributed by atoms with Crippen molar-refractivity contribution in [2.24, 2.45) is 0 Å². The van der Waals surface area contributed by atoms with E-state index in [0.29, 0.717) is 13.2 Å². The van der Waals surface area contributed by atoms with E-state index in [2.05, 4.69) is 28.4 Å². The number of carbonyl (C=O) groups is 1. The molecule has 0 spiro atoms. The van der Waals surface area contributed by atoms with Gasteiger partial charge in [-0.25, -0.2) is 0 Å². The van der Waals surface area contributed by atoms with Gasteiger partial charge in [0.25, 0.3) is 0 Å². The van der Waals surface area contributed by atoms with Gasteiger partial charge in [0.05, 0.1) is 6.26 Å². The summed E-state index contributed by atoms with van der Waals surface area (Å²) in [6, 6.07) is 12.2. The van der Waals surface area contributed by atoms with E-state index in [-0.39, 0.29) is 18.6 Å². The van der Waals surface area contributed by atoms with Gasteiger partial charge in [0.1, 0.15) is 18.4 Å². The molecule has 0 fully saturated rings. The first-order chi connectivity index (χ1) is 11.3. The van der Waals surface area contributed by atoms with Crippen molar-refractivity contribution < 1.29 is 13.9 Å². The summed E-state index contributed by atoms with van der Waals surface area (Å²) in [7, 11) is 0. The number of amides is 1. The normalized spacial score (nSPS) is 14.6. The highest BCUT2D eigenvalue weighted by Gasteiger charge is 2.28. The zero-order valence-corrected chi connectivity index (χ0v) is 13.3. The Morgan fingerprint density at radius 1 is 1.35 bits per heavy atom. The summed E-state index contributed by atoms with van der Waals surface area (Å²) in [5, 5.41) is 2.95. The fraction of sp³-hybridized carbons (Fsp3) is 0.389. The van der Waals surface area contributed by atoms with Crippen molar-refractivity contribution in [1.82, 2.24) is 5.32 Å². The summed E-state index contributed by atoms with van der Waals surface area (Å²) in [4.78, 5) is 14.2. The average molecular weight is 314 g/mol. The first-order valence-corrected chi connectivity index (χ1v) is 8.02. The third kappa shape index (κ3) is 3.56. The Labute approximate surface area is 136 Å². The van der Waals surface area contributed by atoms with Crippen LogP contribution in [-0.4, -0.2) is 32.2 Å². The molecule has 1 aromatic carbocycles. The molecule has 1 aliphatic rings. The topological polar surface area (TPSA) is 54.7 Å². The lowest BCUT2D eigenvalue weighted by atomic mass is 10.1. The average Bonchev–Trinajstić information content (AvgIpc) is 3.24. The highest BCUT2D eigenvalue weighted by atomic mass is 16.5. The van der Waals surface area contributed by atoms with E-state index in [0.717, 1.165) is 18.7 Å². The fourth-order valence-corrected chi connectivity index (χ4v) is 2.99. The van der Waals surface area contributed by atoms with Crippen molar-refractivity contribution in [1.29, 1.82) is 0 Å². The molecule has 2 aromatic rings. The van der Waals surface area contributed by atoms with E-state index in [9.17, 15) is 4.79 Å². The van der Waals surface area contributed by atoms with E-state index in [1.807, 2.05) is 25.1 Å². The minimum Gasteiger partial charge on any atom is -0.467 e. The lowest BCUT2D eigenvalue weighted by molar-refractivity contribution is -0.125. The first-order valence-electron chi connectivity index (χ1n) is 8.02. The third-order valence-electron chi connectivity index (χ3n) is 4.10. The van der Waals surface area contributed by atoms with Gasteiger partial charge in [0.2, 0.25) is 5.91 Å². The molecule has 2 heterocycles. The number of ether oxygens (including phenoxy) is 1. The van der Waals surface area contributed by atoms with Crippen molar-refractivity contribution in [3.63, 3.8) is 0 Å². The molecule has 0 aliphatic carbocycles. The molecule has 1 amide bonds. The molecule has 0 saturated carbocycles. The van der Waals surface area contributed by atoms with Crippen LogP contribution in [0.25, 0.3) is 0 Å². The van der Waals surface area contributed by atoms with Gasteiger partial charge >= 0.3 is 0 Å². The maximum absolute atomic E-state index is 11.9. The summed E-state index contributed by atoms with van der Waals surface area (Å²) < 4.78 is 10.8. The number of furan rings is 1. The summed E-state index contributed by atoms with van der Waals surface area (Å²) in [5.74, 6) is 0.759. The number of fused-ring (bicyclic) bond motifs is 1. The van der Waals surface area contributed by atoms with E-state index in [4.69, 9.17) is 9.15 Å². The van der Waals surface area contributed by atoms with Crippen LogP contribution in [0.15, 0.2) is 47.1 Å².